The molecule has 1 fully saturated rings. The van der Waals surface area contributed by atoms with Crippen molar-refractivity contribution in [1.82, 2.24) is 4.90 Å². The molecule has 2 heterocycles. The van der Waals surface area contributed by atoms with Crippen LogP contribution in [0.4, 0.5) is 16.2 Å². The number of hydrogen-bond acceptors (Lipinski definition) is 4. The molecule has 0 N–H and O–H groups in total. The Bertz CT molecular complexity index is 928. The summed E-state index contributed by atoms with van der Waals surface area (Å²) in [6.07, 6.45) is 3.00. The zero-order valence-corrected chi connectivity index (χ0v) is 19.4. The third-order valence-corrected chi connectivity index (χ3v) is 6.88. The molecule has 2 aliphatic heterocycles. The van der Waals surface area contributed by atoms with Crippen LogP contribution in [0.5, 0.6) is 0 Å². The number of fused-ring (bicyclic) bond motifs is 2. The summed E-state index contributed by atoms with van der Waals surface area (Å²) in [5, 5.41) is 0.757. The molecule has 160 valence electrons. The van der Waals surface area contributed by atoms with Crippen molar-refractivity contribution in [3.63, 3.8) is 0 Å². The van der Waals surface area contributed by atoms with Crippen LogP contribution in [0, 0.1) is 5.92 Å². The van der Waals surface area contributed by atoms with E-state index < -0.39 is 5.60 Å². The molecule has 1 saturated heterocycles. The zero-order chi connectivity index (χ0) is 21.3. The number of amides is 1. The minimum absolute atomic E-state index is 0.191. The van der Waals surface area contributed by atoms with Gasteiger partial charge in [-0.2, -0.15) is 0 Å². The van der Waals surface area contributed by atoms with E-state index in [1.807, 2.05) is 31.7 Å². The van der Waals surface area contributed by atoms with Gasteiger partial charge in [-0.25, -0.2) is 4.79 Å². The molecule has 2 aromatic carbocycles. The second-order valence-electron chi connectivity index (χ2n) is 9.06. The molecule has 0 aromatic heterocycles. The Morgan fingerprint density at radius 3 is 2.73 bits per heavy atom. The lowest BCUT2D eigenvalue weighted by molar-refractivity contribution is 0.0163. The van der Waals surface area contributed by atoms with Gasteiger partial charge in [-0.3, -0.25) is 0 Å². The van der Waals surface area contributed by atoms with E-state index in [2.05, 4.69) is 41.3 Å². The number of ether oxygens (including phenoxy) is 1. The van der Waals surface area contributed by atoms with Crippen molar-refractivity contribution in [3.8, 4) is 0 Å². The highest BCUT2D eigenvalue weighted by Gasteiger charge is 2.29. The minimum atomic E-state index is -0.456. The SMILES string of the molecule is CC(C)(C)OC(=O)N1CCCC(CCN2c3ccccc3Sc3ccc(Cl)cc32)C1. The van der Waals surface area contributed by atoms with Crippen LogP contribution in [0.3, 0.4) is 0 Å². The molecule has 0 bridgehead atoms. The van der Waals surface area contributed by atoms with Gasteiger partial charge in [0.05, 0.1) is 11.4 Å². The summed E-state index contributed by atoms with van der Waals surface area (Å²) in [4.78, 5) is 19.3. The van der Waals surface area contributed by atoms with E-state index in [0.717, 1.165) is 43.9 Å². The van der Waals surface area contributed by atoms with Crippen molar-refractivity contribution in [2.75, 3.05) is 24.5 Å². The molecule has 0 radical (unpaired) electrons. The van der Waals surface area contributed by atoms with E-state index in [1.165, 1.54) is 21.2 Å². The summed E-state index contributed by atoms with van der Waals surface area (Å²) >= 11 is 8.13. The predicted octanol–water partition coefficient (Wildman–Crippen LogP) is 6.98. The number of para-hydroxylation sites is 1. The maximum Gasteiger partial charge on any atom is 0.410 e. The molecule has 0 spiro atoms. The Kier molecular flexibility index (Phi) is 6.21. The van der Waals surface area contributed by atoms with E-state index >= 15 is 0 Å². The number of piperidine rings is 1. The Balaban J connectivity index is 1.47. The van der Waals surface area contributed by atoms with Crippen LogP contribution in [0.25, 0.3) is 0 Å². The largest absolute Gasteiger partial charge is 0.444 e. The molecule has 30 heavy (non-hydrogen) atoms. The van der Waals surface area contributed by atoms with E-state index in [4.69, 9.17) is 16.3 Å². The highest BCUT2D eigenvalue weighted by molar-refractivity contribution is 7.99. The number of hydrogen-bond donors (Lipinski definition) is 0. The van der Waals surface area contributed by atoms with Gasteiger partial charge in [-0.05, 0) is 76.3 Å². The van der Waals surface area contributed by atoms with Gasteiger partial charge in [0.2, 0.25) is 0 Å². The molecule has 2 aliphatic rings. The first-order valence-electron chi connectivity index (χ1n) is 10.6. The Hall–Kier alpha value is -1.85. The maximum absolute atomic E-state index is 12.5. The number of carbonyl (C=O) groups is 1. The van der Waals surface area contributed by atoms with Crippen LogP contribution in [-0.4, -0.2) is 36.2 Å². The van der Waals surface area contributed by atoms with Gasteiger partial charge in [0, 0.05) is 34.4 Å². The summed E-state index contributed by atoms with van der Waals surface area (Å²) in [5.74, 6) is 0.468. The van der Waals surface area contributed by atoms with E-state index in [0.29, 0.717) is 5.92 Å². The Morgan fingerprint density at radius 1 is 1.17 bits per heavy atom. The van der Waals surface area contributed by atoms with E-state index in [1.54, 1.807) is 11.8 Å². The lowest BCUT2D eigenvalue weighted by Crippen LogP contribution is -2.43. The van der Waals surface area contributed by atoms with Crippen LogP contribution < -0.4 is 4.90 Å². The Labute approximate surface area is 188 Å². The van der Waals surface area contributed by atoms with Crippen molar-refractivity contribution < 1.29 is 9.53 Å². The number of halogens is 1. The molecule has 2 aromatic rings. The van der Waals surface area contributed by atoms with Gasteiger partial charge in [0.25, 0.3) is 0 Å². The van der Waals surface area contributed by atoms with Crippen LogP contribution in [0.15, 0.2) is 52.3 Å². The maximum atomic E-state index is 12.5. The van der Waals surface area contributed by atoms with E-state index in [9.17, 15) is 4.79 Å². The summed E-state index contributed by atoms with van der Waals surface area (Å²) in [5.41, 5.74) is 1.95. The molecule has 4 rings (SSSR count). The number of rotatable bonds is 3. The number of nitrogens with zero attached hydrogens (tertiary/aromatic N) is 2. The van der Waals surface area contributed by atoms with Crippen molar-refractivity contribution in [3.05, 3.63) is 47.5 Å². The fourth-order valence-electron chi connectivity index (χ4n) is 4.15. The van der Waals surface area contributed by atoms with Crippen molar-refractivity contribution in [2.24, 2.45) is 5.92 Å². The van der Waals surface area contributed by atoms with Gasteiger partial charge in [-0.1, -0.05) is 35.5 Å². The third-order valence-electron chi connectivity index (χ3n) is 5.52. The van der Waals surface area contributed by atoms with Crippen LogP contribution in [-0.2, 0) is 4.74 Å². The average molecular weight is 445 g/mol. The fraction of sp³-hybridized carbons (Fsp3) is 0.458. The first-order chi connectivity index (χ1) is 14.3. The van der Waals surface area contributed by atoms with Crippen LogP contribution in [0.2, 0.25) is 5.02 Å². The summed E-state index contributed by atoms with van der Waals surface area (Å²) in [6, 6.07) is 14.7. The summed E-state index contributed by atoms with van der Waals surface area (Å²) in [7, 11) is 0. The normalized spacial score (nSPS) is 18.6. The Morgan fingerprint density at radius 2 is 1.93 bits per heavy atom. The molecule has 6 heteroatoms. The van der Waals surface area contributed by atoms with Gasteiger partial charge < -0.3 is 14.5 Å². The zero-order valence-electron chi connectivity index (χ0n) is 17.9. The standard InChI is InChI=1S/C24H29ClN2O2S/c1-24(2,3)29-23(28)26-13-6-7-17(16-26)12-14-27-19-8-4-5-9-21(19)30-22-11-10-18(25)15-20(22)27/h4-5,8-11,15,17H,6-7,12-14,16H2,1-3H3. The highest BCUT2D eigenvalue weighted by Crippen LogP contribution is 2.48. The second-order valence-corrected chi connectivity index (χ2v) is 10.6. The summed E-state index contributed by atoms with van der Waals surface area (Å²) < 4.78 is 5.59. The van der Waals surface area contributed by atoms with Crippen molar-refractivity contribution in [1.29, 1.82) is 0 Å². The number of carbonyl (C=O) groups excluding carboxylic acids is 1. The molecule has 4 nitrogen and oxygen atoms in total. The third kappa shape index (κ3) is 4.89. The fourth-order valence-corrected chi connectivity index (χ4v) is 5.39. The molecule has 0 saturated carbocycles. The van der Waals surface area contributed by atoms with Crippen LogP contribution in [0.1, 0.15) is 40.0 Å². The first-order valence-corrected chi connectivity index (χ1v) is 11.8. The quantitative estimate of drug-likeness (QED) is 0.511. The van der Waals surface area contributed by atoms with Gasteiger partial charge in [0.1, 0.15) is 5.60 Å². The molecule has 1 atom stereocenters. The molecule has 1 amide bonds. The number of anilines is 2. The highest BCUT2D eigenvalue weighted by atomic mass is 35.5. The molecular weight excluding hydrogens is 416 g/mol. The van der Waals surface area contributed by atoms with Crippen molar-refractivity contribution >= 4 is 40.8 Å². The molecule has 1 unspecified atom stereocenters. The lowest BCUT2D eigenvalue weighted by atomic mass is 9.94. The lowest BCUT2D eigenvalue weighted by Gasteiger charge is -2.37. The predicted molar refractivity (Wildman–Crippen MR) is 124 cm³/mol. The van der Waals surface area contributed by atoms with Crippen LogP contribution >= 0.6 is 23.4 Å². The topological polar surface area (TPSA) is 32.8 Å². The van der Waals surface area contributed by atoms with Gasteiger partial charge >= 0.3 is 6.09 Å². The van der Waals surface area contributed by atoms with Crippen molar-refractivity contribution in [2.45, 2.75) is 55.4 Å². The smallest absolute Gasteiger partial charge is 0.410 e. The monoisotopic (exact) mass is 444 g/mol. The number of benzene rings is 2. The second kappa shape index (κ2) is 8.72. The van der Waals surface area contributed by atoms with E-state index in [-0.39, 0.29) is 6.09 Å². The van der Waals surface area contributed by atoms with Gasteiger partial charge in [-0.15, -0.1) is 0 Å². The number of likely N-dealkylation sites (tertiary alicyclic amines) is 1. The average Bonchev–Trinajstić information content (AvgIpc) is 2.70. The summed E-state index contributed by atoms with van der Waals surface area (Å²) in [6.45, 7) is 8.20. The molecular formula is C24H29ClN2O2S. The van der Waals surface area contributed by atoms with Gasteiger partial charge in [0.15, 0.2) is 0 Å². The molecule has 0 aliphatic carbocycles. The minimum Gasteiger partial charge on any atom is -0.444 e. The first kappa shape index (κ1) is 21.4.